The van der Waals surface area contributed by atoms with Gasteiger partial charge in [0.2, 0.25) is 0 Å². The number of carbonyl (C=O) groups excluding carboxylic acids is 2. The quantitative estimate of drug-likeness (QED) is 0.521. The number of H-pyrrole nitrogens is 1. The molecule has 0 radical (unpaired) electrons. The molecule has 3 aromatic carbocycles. The van der Waals surface area contributed by atoms with E-state index in [2.05, 4.69) is 10.3 Å². The molecule has 0 bridgehead atoms. The molecule has 1 aromatic heterocycles. The van der Waals surface area contributed by atoms with E-state index in [4.69, 9.17) is 0 Å². The van der Waals surface area contributed by atoms with E-state index in [0.29, 0.717) is 16.9 Å². The Hall–Kier alpha value is -4.46. The SMILES string of the molecule is CN(C)C(=O)c1ccc(NC(=O)c2ccc3c(=O)n(-c4ccccc4)c(=O)[nH]c3c2)cc1. The van der Waals surface area contributed by atoms with Crippen LogP contribution in [0.25, 0.3) is 16.6 Å². The van der Waals surface area contributed by atoms with Gasteiger partial charge < -0.3 is 15.2 Å². The van der Waals surface area contributed by atoms with Crippen molar-refractivity contribution in [3.05, 3.63) is 105 Å². The van der Waals surface area contributed by atoms with E-state index < -0.39 is 17.2 Å². The number of benzene rings is 3. The molecule has 0 aliphatic carbocycles. The van der Waals surface area contributed by atoms with E-state index in [9.17, 15) is 19.2 Å². The molecule has 2 N–H and O–H groups in total. The van der Waals surface area contributed by atoms with E-state index in [0.717, 1.165) is 4.57 Å². The van der Waals surface area contributed by atoms with Crippen LogP contribution in [-0.2, 0) is 0 Å². The van der Waals surface area contributed by atoms with E-state index in [-0.39, 0.29) is 22.4 Å². The fourth-order valence-corrected chi connectivity index (χ4v) is 3.33. The second-order valence-electron chi connectivity index (χ2n) is 7.40. The lowest BCUT2D eigenvalue weighted by Gasteiger charge is -2.11. The Labute approximate surface area is 182 Å². The van der Waals surface area contributed by atoms with Crippen molar-refractivity contribution in [3.8, 4) is 5.69 Å². The number of carbonyl (C=O) groups is 2. The number of para-hydroxylation sites is 1. The normalized spacial score (nSPS) is 10.7. The number of rotatable bonds is 4. The van der Waals surface area contributed by atoms with Crippen LogP contribution in [0, 0.1) is 0 Å². The third-order valence-electron chi connectivity index (χ3n) is 4.97. The third kappa shape index (κ3) is 3.93. The largest absolute Gasteiger partial charge is 0.345 e. The van der Waals surface area contributed by atoms with Crippen LogP contribution < -0.4 is 16.6 Å². The summed E-state index contributed by atoms with van der Waals surface area (Å²) in [6.45, 7) is 0. The fourth-order valence-electron chi connectivity index (χ4n) is 3.33. The molecule has 1 heterocycles. The number of nitrogens with zero attached hydrogens (tertiary/aromatic N) is 2. The van der Waals surface area contributed by atoms with Gasteiger partial charge in [0.1, 0.15) is 0 Å². The fraction of sp³-hybridized carbons (Fsp3) is 0.0833. The minimum absolute atomic E-state index is 0.137. The highest BCUT2D eigenvalue weighted by Crippen LogP contribution is 2.15. The molecule has 0 saturated heterocycles. The van der Waals surface area contributed by atoms with E-state index in [1.807, 2.05) is 0 Å². The van der Waals surface area contributed by atoms with Crippen molar-refractivity contribution in [1.82, 2.24) is 14.5 Å². The molecule has 0 saturated carbocycles. The number of aromatic amines is 1. The maximum Gasteiger partial charge on any atom is 0.333 e. The Morgan fingerprint density at radius 1 is 0.875 bits per heavy atom. The van der Waals surface area contributed by atoms with Gasteiger partial charge in [0.25, 0.3) is 17.4 Å². The molecule has 0 spiro atoms. The van der Waals surface area contributed by atoms with Crippen molar-refractivity contribution < 1.29 is 9.59 Å². The second-order valence-corrected chi connectivity index (χ2v) is 7.40. The van der Waals surface area contributed by atoms with Crippen LogP contribution in [0.15, 0.2) is 82.4 Å². The summed E-state index contributed by atoms with van der Waals surface area (Å²) in [4.78, 5) is 54.2. The molecule has 0 unspecified atom stereocenters. The van der Waals surface area contributed by atoms with Gasteiger partial charge in [-0.3, -0.25) is 14.4 Å². The van der Waals surface area contributed by atoms with Gasteiger partial charge in [0.15, 0.2) is 0 Å². The highest BCUT2D eigenvalue weighted by atomic mass is 16.2. The summed E-state index contributed by atoms with van der Waals surface area (Å²) in [5, 5.41) is 3.03. The Kier molecular flexibility index (Phi) is 5.43. The minimum atomic E-state index is -0.590. The Balaban J connectivity index is 1.63. The van der Waals surface area contributed by atoms with Crippen LogP contribution in [0.4, 0.5) is 5.69 Å². The molecule has 32 heavy (non-hydrogen) atoms. The monoisotopic (exact) mass is 428 g/mol. The van der Waals surface area contributed by atoms with Gasteiger partial charge in [-0.1, -0.05) is 18.2 Å². The van der Waals surface area contributed by atoms with Gasteiger partial charge >= 0.3 is 5.69 Å². The molecule has 0 fully saturated rings. The van der Waals surface area contributed by atoms with Gasteiger partial charge in [-0.05, 0) is 54.6 Å². The number of hydrogen-bond donors (Lipinski definition) is 2. The summed E-state index contributed by atoms with van der Waals surface area (Å²) in [7, 11) is 3.33. The van der Waals surface area contributed by atoms with E-state index >= 15 is 0 Å². The number of anilines is 1. The lowest BCUT2D eigenvalue weighted by Crippen LogP contribution is -2.33. The maximum absolute atomic E-state index is 12.9. The average molecular weight is 428 g/mol. The Bertz CT molecular complexity index is 1440. The first-order valence-corrected chi connectivity index (χ1v) is 9.83. The Morgan fingerprint density at radius 2 is 1.53 bits per heavy atom. The first-order chi connectivity index (χ1) is 15.3. The first-order valence-electron chi connectivity index (χ1n) is 9.83. The number of fused-ring (bicyclic) bond motifs is 1. The average Bonchev–Trinajstić information content (AvgIpc) is 2.79. The van der Waals surface area contributed by atoms with Gasteiger partial charge in [-0.15, -0.1) is 0 Å². The van der Waals surface area contributed by atoms with Crippen molar-refractivity contribution in [2.45, 2.75) is 0 Å². The van der Waals surface area contributed by atoms with E-state index in [1.165, 1.54) is 23.1 Å². The van der Waals surface area contributed by atoms with Crippen molar-refractivity contribution in [2.75, 3.05) is 19.4 Å². The predicted octanol–water partition coefficient (Wildman–Crippen LogP) is 2.63. The minimum Gasteiger partial charge on any atom is -0.345 e. The third-order valence-corrected chi connectivity index (χ3v) is 4.97. The summed E-state index contributed by atoms with van der Waals surface area (Å²) < 4.78 is 1.05. The van der Waals surface area contributed by atoms with Crippen molar-refractivity contribution in [3.63, 3.8) is 0 Å². The maximum atomic E-state index is 12.9. The van der Waals surface area contributed by atoms with Crippen molar-refractivity contribution in [2.24, 2.45) is 0 Å². The van der Waals surface area contributed by atoms with Crippen LogP contribution in [0.1, 0.15) is 20.7 Å². The van der Waals surface area contributed by atoms with E-state index in [1.54, 1.807) is 68.7 Å². The molecule has 0 aliphatic heterocycles. The smallest absolute Gasteiger partial charge is 0.333 e. The van der Waals surface area contributed by atoms with Gasteiger partial charge in [-0.25, -0.2) is 9.36 Å². The van der Waals surface area contributed by atoms with Gasteiger partial charge in [0, 0.05) is 30.9 Å². The lowest BCUT2D eigenvalue weighted by molar-refractivity contribution is 0.0827. The van der Waals surface area contributed by atoms with Gasteiger partial charge in [-0.2, -0.15) is 0 Å². The molecule has 4 rings (SSSR count). The van der Waals surface area contributed by atoms with Crippen molar-refractivity contribution in [1.29, 1.82) is 0 Å². The van der Waals surface area contributed by atoms with Crippen LogP contribution in [-0.4, -0.2) is 40.4 Å². The summed E-state index contributed by atoms with van der Waals surface area (Å²) in [5.41, 5.74) is 0.962. The molecule has 4 aromatic rings. The van der Waals surface area contributed by atoms with Crippen LogP contribution in [0.2, 0.25) is 0 Å². The first kappa shape index (κ1) is 20.8. The molecule has 2 amide bonds. The summed E-state index contributed by atoms with van der Waals surface area (Å²) >= 11 is 0. The van der Waals surface area contributed by atoms with Gasteiger partial charge in [0.05, 0.1) is 16.6 Å². The summed E-state index contributed by atoms with van der Waals surface area (Å²) in [5.74, 6) is -0.547. The standard InChI is InChI=1S/C24H20N4O4/c1-27(2)22(30)15-8-11-17(12-9-15)25-21(29)16-10-13-19-20(14-16)26-24(32)28(23(19)31)18-6-4-3-5-7-18/h3-14H,1-2H3,(H,25,29)(H,26,32). The molecule has 8 heteroatoms. The molecular weight excluding hydrogens is 408 g/mol. The molecule has 160 valence electrons. The number of hydrogen-bond acceptors (Lipinski definition) is 4. The zero-order valence-electron chi connectivity index (χ0n) is 17.5. The highest BCUT2D eigenvalue weighted by Gasteiger charge is 2.13. The van der Waals surface area contributed by atoms with Crippen LogP contribution in [0.3, 0.4) is 0 Å². The van der Waals surface area contributed by atoms with Crippen LogP contribution in [0.5, 0.6) is 0 Å². The summed E-state index contributed by atoms with van der Waals surface area (Å²) in [6.07, 6.45) is 0. The molecule has 0 aliphatic rings. The second kappa shape index (κ2) is 8.35. The topological polar surface area (TPSA) is 104 Å². The lowest BCUT2D eigenvalue weighted by atomic mass is 10.1. The number of aromatic nitrogens is 2. The highest BCUT2D eigenvalue weighted by molar-refractivity contribution is 6.06. The molecular formula is C24H20N4O4. The molecule has 0 atom stereocenters. The zero-order valence-corrected chi connectivity index (χ0v) is 17.5. The number of amides is 2. The van der Waals surface area contributed by atoms with Crippen molar-refractivity contribution >= 4 is 28.4 Å². The predicted molar refractivity (Wildman–Crippen MR) is 123 cm³/mol. The number of nitrogens with one attached hydrogen (secondary N) is 2. The zero-order chi connectivity index (χ0) is 22.8. The summed E-state index contributed by atoms with van der Waals surface area (Å²) in [6, 6.07) is 19.6. The molecule has 8 nitrogen and oxygen atoms in total. The Morgan fingerprint density at radius 3 is 2.19 bits per heavy atom. The van der Waals surface area contributed by atoms with Crippen LogP contribution >= 0.6 is 0 Å².